The normalized spacial score (nSPS) is 29.6. The number of rotatable bonds is 2. The molecule has 3 atom stereocenters. The minimum absolute atomic E-state index is 0.173. The minimum Gasteiger partial charge on any atom is -0.464 e. The van der Waals surface area contributed by atoms with Crippen LogP contribution in [0.25, 0.3) is 0 Å². The third-order valence-electron chi connectivity index (χ3n) is 4.25. The molecule has 1 heterocycles. The summed E-state index contributed by atoms with van der Waals surface area (Å²) in [4.78, 5) is 36.9. The van der Waals surface area contributed by atoms with Gasteiger partial charge in [0.05, 0.1) is 13.7 Å². The summed E-state index contributed by atoms with van der Waals surface area (Å²) >= 11 is 0. The van der Waals surface area contributed by atoms with Gasteiger partial charge in [0, 0.05) is 19.4 Å². The van der Waals surface area contributed by atoms with Gasteiger partial charge in [0.2, 0.25) is 0 Å². The number of esters is 1. The topological polar surface area (TPSA) is 72.9 Å². The highest BCUT2D eigenvalue weighted by Crippen LogP contribution is 2.37. The van der Waals surface area contributed by atoms with E-state index in [4.69, 9.17) is 9.47 Å². The molecule has 0 aromatic heterocycles. The predicted molar refractivity (Wildman–Crippen MR) is 70.0 cm³/mol. The van der Waals surface area contributed by atoms with E-state index in [0.717, 1.165) is 6.42 Å². The summed E-state index contributed by atoms with van der Waals surface area (Å²) in [5.74, 6) is 0.291. The summed E-state index contributed by atoms with van der Waals surface area (Å²) in [5, 5.41) is 0. The van der Waals surface area contributed by atoms with Crippen LogP contribution >= 0.6 is 0 Å². The van der Waals surface area contributed by atoms with Crippen molar-refractivity contribution in [3.63, 3.8) is 0 Å². The zero-order valence-corrected chi connectivity index (χ0v) is 12.0. The first-order chi connectivity index (χ1) is 9.56. The molecule has 0 radical (unpaired) electrons. The molecule has 20 heavy (non-hydrogen) atoms. The molecule has 2 aliphatic rings. The molecule has 1 amide bonds. The first kappa shape index (κ1) is 14.8. The molecule has 0 N–H and O–H groups in total. The van der Waals surface area contributed by atoms with Gasteiger partial charge in [-0.1, -0.05) is 0 Å². The predicted octanol–water partition coefficient (Wildman–Crippen LogP) is 1.38. The smallest absolute Gasteiger partial charge is 0.410 e. The number of ketones is 1. The molecular formula is C14H21NO5. The van der Waals surface area contributed by atoms with Gasteiger partial charge in [-0.3, -0.25) is 9.69 Å². The maximum atomic E-state index is 12.0. The second-order valence-electron chi connectivity index (χ2n) is 5.43. The number of fused-ring (bicyclic) bond motifs is 1. The lowest BCUT2D eigenvalue weighted by Crippen LogP contribution is -2.55. The molecule has 0 aromatic carbocycles. The summed E-state index contributed by atoms with van der Waals surface area (Å²) in [6.45, 7) is 2.47. The van der Waals surface area contributed by atoms with Gasteiger partial charge in [-0.15, -0.1) is 0 Å². The van der Waals surface area contributed by atoms with Crippen LogP contribution in [-0.2, 0) is 19.1 Å². The fourth-order valence-corrected chi connectivity index (χ4v) is 3.23. The fourth-order valence-electron chi connectivity index (χ4n) is 3.23. The van der Waals surface area contributed by atoms with E-state index in [1.165, 1.54) is 12.0 Å². The molecule has 0 bridgehead atoms. The molecule has 6 heteroatoms. The van der Waals surface area contributed by atoms with Gasteiger partial charge in [-0.05, 0) is 31.6 Å². The van der Waals surface area contributed by atoms with E-state index in [2.05, 4.69) is 0 Å². The van der Waals surface area contributed by atoms with Crippen LogP contribution in [-0.4, -0.2) is 49.0 Å². The van der Waals surface area contributed by atoms with Gasteiger partial charge in [-0.25, -0.2) is 9.59 Å². The maximum Gasteiger partial charge on any atom is 0.410 e. The summed E-state index contributed by atoms with van der Waals surface area (Å²) in [7, 11) is 1.31. The van der Waals surface area contributed by atoms with E-state index in [1.807, 2.05) is 0 Å². The highest BCUT2D eigenvalue weighted by atomic mass is 16.6. The van der Waals surface area contributed by atoms with Crippen LogP contribution in [0.5, 0.6) is 0 Å². The number of likely N-dealkylation sites (tertiary alicyclic amines) is 1. The number of hydrogen-bond acceptors (Lipinski definition) is 5. The number of carbonyl (C=O) groups is 3. The van der Waals surface area contributed by atoms with Crippen LogP contribution in [0, 0.1) is 11.8 Å². The molecule has 1 saturated carbocycles. The van der Waals surface area contributed by atoms with E-state index in [0.29, 0.717) is 25.8 Å². The quantitative estimate of drug-likeness (QED) is 0.716. The van der Waals surface area contributed by atoms with Gasteiger partial charge in [0.1, 0.15) is 11.8 Å². The SMILES string of the molecule is CCOC(=O)[C@H]1C[C@H]2CC(=O)CC[C@@H]2CN1C(=O)OC. The number of Topliss-reactive ketones (excluding diaryl/α,β-unsaturated/α-hetero) is 1. The number of carbonyl (C=O) groups excluding carboxylic acids is 3. The van der Waals surface area contributed by atoms with Crippen molar-refractivity contribution in [1.82, 2.24) is 4.90 Å². The Bertz CT molecular complexity index is 408. The summed E-state index contributed by atoms with van der Waals surface area (Å²) in [6, 6.07) is -0.630. The average molecular weight is 283 g/mol. The van der Waals surface area contributed by atoms with Crippen molar-refractivity contribution in [2.24, 2.45) is 11.8 Å². The fraction of sp³-hybridized carbons (Fsp3) is 0.786. The zero-order valence-electron chi connectivity index (χ0n) is 12.0. The van der Waals surface area contributed by atoms with Crippen LogP contribution < -0.4 is 0 Å². The third-order valence-corrected chi connectivity index (χ3v) is 4.25. The molecule has 2 fully saturated rings. The number of ether oxygens (including phenoxy) is 2. The Hall–Kier alpha value is -1.59. The van der Waals surface area contributed by atoms with Crippen molar-refractivity contribution in [1.29, 1.82) is 0 Å². The average Bonchev–Trinajstić information content (AvgIpc) is 2.45. The van der Waals surface area contributed by atoms with Crippen molar-refractivity contribution in [3.05, 3.63) is 0 Å². The molecular weight excluding hydrogens is 262 g/mol. The van der Waals surface area contributed by atoms with Gasteiger partial charge in [0.15, 0.2) is 0 Å². The van der Waals surface area contributed by atoms with Crippen molar-refractivity contribution in [2.45, 2.75) is 38.6 Å². The molecule has 112 valence electrons. The second kappa shape index (κ2) is 6.24. The van der Waals surface area contributed by atoms with E-state index >= 15 is 0 Å². The van der Waals surface area contributed by atoms with Gasteiger partial charge in [-0.2, -0.15) is 0 Å². The maximum absolute atomic E-state index is 12.0. The Morgan fingerprint density at radius 1 is 1.35 bits per heavy atom. The molecule has 0 aromatic rings. The number of methoxy groups -OCH3 is 1. The number of amides is 1. The molecule has 0 spiro atoms. The lowest BCUT2D eigenvalue weighted by molar-refractivity contribution is -0.153. The van der Waals surface area contributed by atoms with E-state index < -0.39 is 18.1 Å². The molecule has 6 nitrogen and oxygen atoms in total. The van der Waals surface area contributed by atoms with E-state index in [1.54, 1.807) is 6.92 Å². The molecule has 1 saturated heterocycles. The van der Waals surface area contributed by atoms with Crippen LogP contribution in [0.1, 0.15) is 32.6 Å². The lowest BCUT2D eigenvalue weighted by Gasteiger charge is -2.43. The Morgan fingerprint density at radius 2 is 2.10 bits per heavy atom. The Kier molecular flexibility index (Phi) is 4.62. The summed E-state index contributed by atoms with van der Waals surface area (Å²) in [5.41, 5.74) is 0. The summed E-state index contributed by atoms with van der Waals surface area (Å²) in [6.07, 6.45) is 1.85. The number of nitrogens with zero attached hydrogens (tertiary/aromatic N) is 1. The van der Waals surface area contributed by atoms with E-state index in [9.17, 15) is 14.4 Å². The monoisotopic (exact) mass is 283 g/mol. The Balaban J connectivity index is 2.15. The molecule has 2 rings (SSSR count). The standard InChI is InChI=1S/C14H21NO5/c1-3-20-13(17)12-7-10-6-11(16)5-4-9(10)8-15(12)14(18)19-2/h9-10,12H,3-8H2,1-2H3/t9-,10-,12-/m1/s1. The highest BCUT2D eigenvalue weighted by Gasteiger charge is 2.44. The molecule has 1 aliphatic carbocycles. The van der Waals surface area contributed by atoms with Crippen LogP contribution in [0.15, 0.2) is 0 Å². The Morgan fingerprint density at radius 3 is 2.75 bits per heavy atom. The van der Waals surface area contributed by atoms with Crippen LogP contribution in [0.4, 0.5) is 4.79 Å². The highest BCUT2D eigenvalue weighted by molar-refractivity contribution is 5.83. The van der Waals surface area contributed by atoms with Crippen LogP contribution in [0.3, 0.4) is 0 Å². The van der Waals surface area contributed by atoms with E-state index in [-0.39, 0.29) is 24.2 Å². The van der Waals surface area contributed by atoms with Crippen LogP contribution in [0.2, 0.25) is 0 Å². The van der Waals surface area contributed by atoms with Crippen molar-refractivity contribution < 1.29 is 23.9 Å². The minimum atomic E-state index is -0.630. The number of hydrogen-bond donors (Lipinski definition) is 0. The largest absolute Gasteiger partial charge is 0.464 e. The first-order valence-electron chi connectivity index (χ1n) is 7.09. The molecule has 1 aliphatic heterocycles. The zero-order chi connectivity index (χ0) is 14.7. The third kappa shape index (κ3) is 2.94. The van der Waals surface area contributed by atoms with Crippen molar-refractivity contribution >= 4 is 17.8 Å². The van der Waals surface area contributed by atoms with Gasteiger partial charge >= 0.3 is 12.1 Å². The Labute approximate surface area is 118 Å². The molecule has 0 unspecified atom stereocenters. The second-order valence-corrected chi connectivity index (χ2v) is 5.43. The van der Waals surface area contributed by atoms with Gasteiger partial charge in [0.25, 0.3) is 0 Å². The number of piperidine rings is 1. The summed E-state index contributed by atoms with van der Waals surface area (Å²) < 4.78 is 9.80. The lowest BCUT2D eigenvalue weighted by atomic mass is 9.72. The van der Waals surface area contributed by atoms with Crippen molar-refractivity contribution in [3.8, 4) is 0 Å². The van der Waals surface area contributed by atoms with Gasteiger partial charge < -0.3 is 9.47 Å². The first-order valence-corrected chi connectivity index (χ1v) is 7.09. The van der Waals surface area contributed by atoms with Crippen molar-refractivity contribution in [2.75, 3.05) is 20.3 Å².